The van der Waals surface area contributed by atoms with Crippen molar-refractivity contribution in [3.63, 3.8) is 0 Å². The fourth-order valence-corrected chi connectivity index (χ4v) is 5.37. The molecule has 1 aliphatic carbocycles. The number of ether oxygens (including phenoxy) is 2. The van der Waals surface area contributed by atoms with Gasteiger partial charge >= 0.3 is 0 Å². The van der Waals surface area contributed by atoms with Crippen LogP contribution in [0.1, 0.15) is 48.8 Å². The molecule has 1 aliphatic rings. The van der Waals surface area contributed by atoms with Crippen LogP contribution in [0.3, 0.4) is 0 Å². The van der Waals surface area contributed by atoms with Crippen molar-refractivity contribution in [3.05, 3.63) is 38.2 Å². The number of halogens is 1. The zero-order chi connectivity index (χ0) is 20.5. The summed E-state index contributed by atoms with van der Waals surface area (Å²) in [6.07, 6.45) is 4.89. The summed E-state index contributed by atoms with van der Waals surface area (Å²) in [6, 6.07) is 6.12. The highest BCUT2D eigenvalue weighted by molar-refractivity contribution is 9.10. The first-order chi connectivity index (χ1) is 13.3. The Morgan fingerprint density at radius 1 is 1.25 bits per heavy atom. The zero-order valence-electron chi connectivity index (χ0n) is 16.9. The molecule has 4 nitrogen and oxygen atoms in total. The number of benzene rings is 1. The van der Waals surface area contributed by atoms with Crippen molar-refractivity contribution in [3.8, 4) is 17.6 Å². The molecular weight excluding hydrogens is 436 g/mol. The monoisotopic (exact) mass is 460 g/mol. The molecule has 0 N–H and O–H groups in total. The predicted octanol–water partition coefficient (Wildman–Crippen LogP) is 6.30. The van der Waals surface area contributed by atoms with Crippen LogP contribution in [0.2, 0.25) is 0 Å². The average molecular weight is 461 g/mol. The van der Waals surface area contributed by atoms with E-state index < -0.39 is 0 Å². The van der Waals surface area contributed by atoms with Crippen molar-refractivity contribution in [2.45, 2.75) is 40.0 Å². The summed E-state index contributed by atoms with van der Waals surface area (Å²) >= 11 is 5.16. The van der Waals surface area contributed by atoms with Crippen LogP contribution in [0.4, 0.5) is 5.00 Å². The van der Waals surface area contributed by atoms with E-state index in [1.807, 2.05) is 12.1 Å². The van der Waals surface area contributed by atoms with E-state index in [1.54, 1.807) is 31.8 Å². The molecule has 1 aromatic heterocycles. The molecule has 148 valence electrons. The van der Waals surface area contributed by atoms with Crippen molar-refractivity contribution in [1.29, 1.82) is 5.26 Å². The van der Waals surface area contributed by atoms with Gasteiger partial charge < -0.3 is 9.47 Å². The Labute approximate surface area is 179 Å². The van der Waals surface area contributed by atoms with Crippen LogP contribution in [0.15, 0.2) is 21.6 Å². The molecule has 0 saturated heterocycles. The fourth-order valence-electron chi connectivity index (χ4n) is 3.63. The summed E-state index contributed by atoms with van der Waals surface area (Å²) in [4.78, 5) is 5.99. The lowest BCUT2D eigenvalue weighted by molar-refractivity contribution is 0.218. The first-order valence-corrected chi connectivity index (χ1v) is 10.9. The second-order valence-electron chi connectivity index (χ2n) is 8.09. The lowest BCUT2D eigenvalue weighted by Crippen LogP contribution is -2.26. The first-order valence-electron chi connectivity index (χ1n) is 9.28. The standard InChI is InChI=1S/C22H25BrN2O2S/c1-22(2,3)14-6-7-15-16(11-24)21(28-20(15)9-14)25-12-13-8-17(23)19(27-5)10-18(13)26-4/h8,10,12,14H,6-7,9H2,1-5H3/t14-/m0/s1. The summed E-state index contributed by atoms with van der Waals surface area (Å²) < 4.78 is 11.6. The Morgan fingerprint density at radius 3 is 2.57 bits per heavy atom. The molecule has 2 aromatic rings. The van der Waals surface area contributed by atoms with Gasteiger partial charge in [0.25, 0.3) is 0 Å². The quantitative estimate of drug-likeness (QED) is 0.502. The third-order valence-electron chi connectivity index (χ3n) is 5.41. The van der Waals surface area contributed by atoms with Crippen molar-refractivity contribution < 1.29 is 9.47 Å². The van der Waals surface area contributed by atoms with Gasteiger partial charge in [-0.25, -0.2) is 4.99 Å². The smallest absolute Gasteiger partial charge is 0.136 e. The minimum Gasteiger partial charge on any atom is -0.496 e. The summed E-state index contributed by atoms with van der Waals surface area (Å²) in [5.74, 6) is 2.02. The van der Waals surface area contributed by atoms with E-state index in [-0.39, 0.29) is 5.41 Å². The zero-order valence-corrected chi connectivity index (χ0v) is 19.3. The number of nitriles is 1. The Hall–Kier alpha value is -1.84. The molecule has 28 heavy (non-hydrogen) atoms. The van der Waals surface area contributed by atoms with Crippen molar-refractivity contribution in [2.24, 2.45) is 16.3 Å². The number of methoxy groups -OCH3 is 2. The predicted molar refractivity (Wildman–Crippen MR) is 119 cm³/mol. The molecule has 0 radical (unpaired) electrons. The number of fused-ring (bicyclic) bond motifs is 1. The van der Waals surface area contributed by atoms with Gasteiger partial charge in [-0.3, -0.25) is 0 Å². The van der Waals surface area contributed by atoms with Gasteiger partial charge in [0.15, 0.2) is 0 Å². The molecule has 1 atom stereocenters. The lowest BCUT2D eigenvalue weighted by Gasteiger charge is -2.33. The molecule has 3 rings (SSSR count). The molecule has 0 unspecified atom stereocenters. The Balaban J connectivity index is 1.95. The van der Waals surface area contributed by atoms with Crippen LogP contribution in [0, 0.1) is 22.7 Å². The molecule has 1 aromatic carbocycles. The number of rotatable bonds is 4. The van der Waals surface area contributed by atoms with Crippen LogP contribution < -0.4 is 9.47 Å². The van der Waals surface area contributed by atoms with Crippen LogP contribution in [0.25, 0.3) is 0 Å². The Bertz CT molecular complexity index is 951. The first kappa shape index (κ1) is 20.9. The molecule has 0 fully saturated rings. The van der Waals surface area contributed by atoms with Crippen LogP contribution in [0.5, 0.6) is 11.5 Å². The van der Waals surface area contributed by atoms with E-state index >= 15 is 0 Å². The highest BCUT2D eigenvalue weighted by atomic mass is 79.9. The van der Waals surface area contributed by atoms with Crippen molar-refractivity contribution >= 4 is 38.5 Å². The van der Waals surface area contributed by atoms with Crippen LogP contribution >= 0.6 is 27.3 Å². The van der Waals surface area contributed by atoms with Gasteiger partial charge in [-0.1, -0.05) is 20.8 Å². The third-order valence-corrected chi connectivity index (χ3v) is 7.19. The molecule has 6 heteroatoms. The Morgan fingerprint density at radius 2 is 1.96 bits per heavy atom. The second kappa shape index (κ2) is 8.26. The summed E-state index contributed by atoms with van der Waals surface area (Å²) in [6.45, 7) is 6.90. The minimum atomic E-state index is 0.278. The molecule has 0 amide bonds. The van der Waals surface area contributed by atoms with E-state index in [0.717, 1.165) is 39.9 Å². The maximum Gasteiger partial charge on any atom is 0.136 e. The number of hydrogen-bond donors (Lipinski definition) is 0. The summed E-state index contributed by atoms with van der Waals surface area (Å²) in [7, 11) is 3.24. The molecule has 0 saturated carbocycles. The highest BCUT2D eigenvalue weighted by Crippen LogP contribution is 2.45. The van der Waals surface area contributed by atoms with Gasteiger partial charge in [-0.05, 0) is 58.2 Å². The van der Waals surface area contributed by atoms with Gasteiger partial charge in [0, 0.05) is 22.7 Å². The number of thiophene rings is 1. The SMILES string of the molecule is COc1cc(OC)c(C=Nc2sc3c(c2C#N)CC[C@H](C(C)(C)C)C3)cc1Br. The summed E-state index contributed by atoms with van der Waals surface area (Å²) in [5, 5.41) is 10.5. The average Bonchev–Trinajstić information content (AvgIpc) is 3.02. The molecule has 0 aliphatic heterocycles. The van der Waals surface area contributed by atoms with Gasteiger partial charge in [-0.2, -0.15) is 5.26 Å². The normalized spacial score (nSPS) is 16.7. The molecule has 1 heterocycles. The largest absolute Gasteiger partial charge is 0.496 e. The maximum atomic E-state index is 9.73. The number of hydrogen-bond acceptors (Lipinski definition) is 5. The maximum absolute atomic E-state index is 9.73. The van der Waals surface area contributed by atoms with E-state index in [0.29, 0.717) is 17.4 Å². The van der Waals surface area contributed by atoms with Crippen LogP contribution in [-0.2, 0) is 12.8 Å². The van der Waals surface area contributed by atoms with Gasteiger partial charge in [-0.15, -0.1) is 11.3 Å². The van der Waals surface area contributed by atoms with E-state index in [4.69, 9.17) is 9.47 Å². The van der Waals surface area contributed by atoms with Crippen molar-refractivity contribution in [2.75, 3.05) is 14.2 Å². The lowest BCUT2D eigenvalue weighted by atomic mass is 9.72. The number of aliphatic imine (C=N–C) groups is 1. The van der Waals surface area contributed by atoms with E-state index in [1.165, 1.54) is 10.4 Å². The number of nitrogens with zero attached hydrogens (tertiary/aromatic N) is 2. The second-order valence-corrected chi connectivity index (χ2v) is 10.0. The van der Waals surface area contributed by atoms with E-state index in [2.05, 4.69) is 47.8 Å². The summed E-state index contributed by atoms with van der Waals surface area (Å²) in [5.41, 5.74) is 3.04. The topological polar surface area (TPSA) is 54.6 Å². The molecule has 0 spiro atoms. The van der Waals surface area contributed by atoms with Crippen LogP contribution in [-0.4, -0.2) is 20.4 Å². The van der Waals surface area contributed by atoms with Gasteiger partial charge in [0.1, 0.15) is 22.6 Å². The van der Waals surface area contributed by atoms with Gasteiger partial charge in [0.2, 0.25) is 0 Å². The van der Waals surface area contributed by atoms with Crippen molar-refractivity contribution in [1.82, 2.24) is 0 Å². The minimum absolute atomic E-state index is 0.278. The third kappa shape index (κ3) is 4.11. The Kier molecular flexibility index (Phi) is 6.16. The van der Waals surface area contributed by atoms with E-state index in [9.17, 15) is 5.26 Å². The van der Waals surface area contributed by atoms with Gasteiger partial charge in [0.05, 0.1) is 24.3 Å². The fraction of sp³-hybridized carbons (Fsp3) is 0.455. The highest BCUT2D eigenvalue weighted by Gasteiger charge is 2.32. The molecule has 0 bridgehead atoms. The molecular formula is C22H25BrN2O2S.